The van der Waals surface area contributed by atoms with Gasteiger partial charge in [-0.1, -0.05) is 58.0 Å². The Bertz CT molecular complexity index is 809. The molecule has 2 aromatic rings. The maximum atomic E-state index is 11.3. The number of carboxylic acid groups (broad SMARTS) is 1. The van der Waals surface area contributed by atoms with Gasteiger partial charge < -0.3 is 15.2 Å². The fraction of sp³-hybridized carbons (Fsp3) is 0.435. The van der Waals surface area contributed by atoms with E-state index in [2.05, 4.69) is 63.3 Å². The first-order valence-electron chi connectivity index (χ1n) is 9.62. The lowest BCUT2D eigenvalue weighted by Gasteiger charge is -2.40. The molecule has 4 nitrogen and oxygen atoms in total. The molecule has 0 heterocycles. The van der Waals surface area contributed by atoms with Gasteiger partial charge in [-0.3, -0.25) is 0 Å². The molecule has 0 radical (unpaired) electrons. The Labute approximate surface area is 161 Å². The highest BCUT2D eigenvalue weighted by Gasteiger charge is 2.36. The van der Waals surface area contributed by atoms with Crippen LogP contribution in [0.25, 0.3) is 11.1 Å². The number of rotatable bonds is 5. The fourth-order valence-corrected chi connectivity index (χ4v) is 3.71. The molecular weight excluding hydrogens is 338 g/mol. The van der Waals surface area contributed by atoms with E-state index in [4.69, 9.17) is 4.74 Å². The molecule has 0 aliphatic heterocycles. The smallest absolute Gasteiger partial charge is 0.405 e. The summed E-state index contributed by atoms with van der Waals surface area (Å²) in [6, 6.07) is 14.4. The Balaban J connectivity index is 1.85. The van der Waals surface area contributed by atoms with Gasteiger partial charge in [0.1, 0.15) is 5.75 Å². The number of hydrogen-bond donors (Lipinski definition) is 2. The zero-order chi connectivity index (χ0) is 19.6. The average Bonchev–Trinajstić information content (AvgIpc) is 2.62. The third-order valence-corrected chi connectivity index (χ3v) is 5.31. The molecule has 2 N–H and O–H groups in total. The highest BCUT2D eigenvalue weighted by molar-refractivity contribution is 5.68. The maximum absolute atomic E-state index is 11.3. The Morgan fingerprint density at radius 3 is 2.48 bits per heavy atom. The molecule has 0 saturated heterocycles. The van der Waals surface area contributed by atoms with Gasteiger partial charge in [0, 0.05) is 0 Å². The van der Waals surface area contributed by atoms with Crippen molar-refractivity contribution in [2.24, 2.45) is 11.3 Å². The molecule has 144 valence electrons. The lowest BCUT2D eigenvalue weighted by molar-refractivity contribution is 0.161. The van der Waals surface area contributed by atoms with Crippen molar-refractivity contribution in [1.82, 2.24) is 5.32 Å². The Hall–Kier alpha value is -2.49. The highest BCUT2D eigenvalue weighted by atomic mass is 16.5. The summed E-state index contributed by atoms with van der Waals surface area (Å²) in [5, 5.41) is 12.0. The van der Waals surface area contributed by atoms with Gasteiger partial charge in [0.05, 0.1) is 12.6 Å². The van der Waals surface area contributed by atoms with E-state index >= 15 is 0 Å². The van der Waals surface area contributed by atoms with Crippen LogP contribution in [0.5, 0.6) is 5.75 Å². The summed E-state index contributed by atoms with van der Waals surface area (Å²) in [5.41, 5.74) is 4.52. The molecule has 0 saturated carbocycles. The normalized spacial score (nSPS) is 18.0. The first-order chi connectivity index (χ1) is 12.8. The van der Waals surface area contributed by atoms with E-state index in [0.29, 0.717) is 12.5 Å². The fourth-order valence-electron chi connectivity index (χ4n) is 3.71. The third-order valence-electron chi connectivity index (χ3n) is 5.31. The highest BCUT2D eigenvalue weighted by Crippen LogP contribution is 2.44. The number of aryl methyl sites for hydroxylation is 1. The predicted octanol–water partition coefficient (Wildman–Crippen LogP) is 5.67. The van der Waals surface area contributed by atoms with E-state index in [9.17, 15) is 9.90 Å². The van der Waals surface area contributed by atoms with Crippen molar-refractivity contribution < 1.29 is 14.6 Å². The van der Waals surface area contributed by atoms with E-state index in [0.717, 1.165) is 35.3 Å². The van der Waals surface area contributed by atoms with Crippen molar-refractivity contribution in [2.45, 2.75) is 46.6 Å². The van der Waals surface area contributed by atoms with Gasteiger partial charge in [-0.15, -0.1) is 0 Å². The third kappa shape index (κ3) is 4.44. The maximum Gasteiger partial charge on any atom is 0.405 e. The lowest BCUT2D eigenvalue weighted by Crippen LogP contribution is -2.40. The Morgan fingerprint density at radius 2 is 1.85 bits per heavy atom. The summed E-state index contributed by atoms with van der Waals surface area (Å²) in [7, 11) is 0. The number of benzene rings is 2. The van der Waals surface area contributed by atoms with Crippen molar-refractivity contribution in [1.29, 1.82) is 0 Å². The van der Waals surface area contributed by atoms with Crippen LogP contribution in [0.15, 0.2) is 42.5 Å². The van der Waals surface area contributed by atoms with Crippen LogP contribution in [-0.4, -0.2) is 17.8 Å². The molecule has 1 aliphatic carbocycles. The van der Waals surface area contributed by atoms with E-state index in [1.165, 1.54) is 5.56 Å². The van der Waals surface area contributed by atoms with E-state index in [1.54, 1.807) is 0 Å². The minimum atomic E-state index is -0.970. The molecule has 3 rings (SSSR count). The van der Waals surface area contributed by atoms with Crippen LogP contribution >= 0.6 is 0 Å². The number of hydrogen-bond acceptors (Lipinski definition) is 2. The summed E-state index contributed by atoms with van der Waals surface area (Å²) < 4.78 is 5.76. The SMILES string of the molecule is CC(C)COc1ccc(-c2ccc3c(c2)CCC(C)(C)[C@H]3NC(=O)O)cc1. The lowest BCUT2D eigenvalue weighted by atomic mass is 9.70. The van der Waals surface area contributed by atoms with Crippen LogP contribution in [0.3, 0.4) is 0 Å². The van der Waals surface area contributed by atoms with Crippen LogP contribution in [0.1, 0.15) is 51.3 Å². The van der Waals surface area contributed by atoms with Crippen LogP contribution in [0.4, 0.5) is 4.79 Å². The summed E-state index contributed by atoms with van der Waals surface area (Å²) >= 11 is 0. The van der Waals surface area contributed by atoms with Crippen LogP contribution in [-0.2, 0) is 6.42 Å². The Kier molecular flexibility index (Phi) is 5.45. The minimum absolute atomic E-state index is 0.0949. The molecule has 0 spiro atoms. The second-order valence-corrected chi connectivity index (χ2v) is 8.51. The summed E-state index contributed by atoms with van der Waals surface area (Å²) in [6.45, 7) is 9.23. The van der Waals surface area contributed by atoms with Gasteiger partial charge in [-0.25, -0.2) is 4.79 Å². The largest absolute Gasteiger partial charge is 0.493 e. The first-order valence-corrected chi connectivity index (χ1v) is 9.62. The average molecular weight is 367 g/mol. The number of amides is 1. The molecule has 0 aromatic heterocycles. The molecule has 0 unspecified atom stereocenters. The van der Waals surface area contributed by atoms with Gasteiger partial charge in [0.2, 0.25) is 0 Å². The van der Waals surface area contributed by atoms with Gasteiger partial charge in [-0.2, -0.15) is 0 Å². The van der Waals surface area contributed by atoms with Crippen molar-refractivity contribution in [2.75, 3.05) is 6.61 Å². The summed E-state index contributed by atoms with van der Waals surface area (Å²) in [4.78, 5) is 11.3. The molecule has 0 fully saturated rings. The molecule has 2 aromatic carbocycles. The van der Waals surface area contributed by atoms with Crippen LogP contribution in [0, 0.1) is 11.3 Å². The van der Waals surface area contributed by atoms with Crippen molar-refractivity contribution >= 4 is 6.09 Å². The van der Waals surface area contributed by atoms with Crippen molar-refractivity contribution in [3.8, 4) is 16.9 Å². The second kappa shape index (κ2) is 7.63. The van der Waals surface area contributed by atoms with E-state index in [-0.39, 0.29) is 11.5 Å². The zero-order valence-corrected chi connectivity index (χ0v) is 16.6. The molecule has 4 heteroatoms. The monoisotopic (exact) mass is 367 g/mol. The predicted molar refractivity (Wildman–Crippen MR) is 108 cm³/mol. The molecule has 1 atom stereocenters. The van der Waals surface area contributed by atoms with Gasteiger partial charge in [0.15, 0.2) is 0 Å². The van der Waals surface area contributed by atoms with Gasteiger partial charge in [0.25, 0.3) is 0 Å². The van der Waals surface area contributed by atoms with Crippen molar-refractivity contribution in [3.63, 3.8) is 0 Å². The molecule has 27 heavy (non-hydrogen) atoms. The van der Waals surface area contributed by atoms with Crippen molar-refractivity contribution in [3.05, 3.63) is 53.6 Å². The van der Waals surface area contributed by atoms with E-state index in [1.807, 2.05) is 12.1 Å². The quantitative estimate of drug-likeness (QED) is 0.716. The summed E-state index contributed by atoms with van der Waals surface area (Å²) in [6.07, 6.45) is 0.946. The number of ether oxygens (including phenoxy) is 1. The van der Waals surface area contributed by atoms with Gasteiger partial charge in [-0.05, 0) is 58.6 Å². The zero-order valence-electron chi connectivity index (χ0n) is 16.6. The minimum Gasteiger partial charge on any atom is -0.493 e. The molecule has 1 amide bonds. The Morgan fingerprint density at radius 1 is 1.19 bits per heavy atom. The number of fused-ring (bicyclic) bond motifs is 1. The second-order valence-electron chi connectivity index (χ2n) is 8.51. The van der Waals surface area contributed by atoms with Crippen LogP contribution in [0.2, 0.25) is 0 Å². The van der Waals surface area contributed by atoms with Crippen LogP contribution < -0.4 is 10.1 Å². The number of nitrogens with one attached hydrogen (secondary N) is 1. The first kappa shape index (κ1) is 19.3. The van der Waals surface area contributed by atoms with Gasteiger partial charge >= 0.3 is 6.09 Å². The summed E-state index contributed by atoms with van der Waals surface area (Å²) in [5.74, 6) is 1.39. The van der Waals surface area contributed by atoms with E-state index < -0.39 is 6.09 Å². The molecular formula is C23H29NO3. The number of carbonyl (C=O) groups is 1. The standard InChI is InChI=1S/C23H29NO3/c1-15(2)14-27-19-8-5-16(6-9-19)17-7-10-20-18(13-17)11-12-23(3,4)21(20)24-22(25)26/h5-10,13,15,21,24H,11-12,14H2,1-4H3,(H,25,26)/t21-/m0/s1. The topological polar surface area (TPSA) is 58.6 Å². The molecule has 0 bridgehead atoms. The molecule has 1 aliphatic rings.